The first kappa shape index (κ1) is 20.3. The molecule has 0 N–H and O–H groups in total. The number of piperidine rings is 1. The highest BCUT2D eigenvalue weighted by molar-refractivity contribution is 7.09. The van der Waals surface area contributed by atoms with E-state index < -0.39 is 17.8 Å². The molecule has 2 aliphatic heterocycles. The van der Waals surface area contributed by atoms with Gasteiger partial charge in [-0.05, 0) is 42.2 Å². The summed E-state index contributed by atoms with van der Waals surface area (Å²) in [4.78, 5) is 53.9. The van der Waals surface area contributed by atoms with Crippen LogP contribution in [-0.4, -0.2) is 58.1 Å². The predicted octanol–water partition coefficient (Wildman–Crippen LogP) is 2.52. The second-order valence-electron chi connectivity index (χ2n) is 7.66. The zero-order valence-electron chi connectivity index (χ0n) is 16.5. The van der Waals surface area contributed by atoms with Crippen LogP contribution in [0.15, 0.2) is 47.8 Å². The van der Waals surface area contributed by atoms with Gasteiger partial charge in [-0.3, -0.25) is 19.3 Å². The van der Waals surface area contributed by atoms with E-state index in [1.165, 1.54) is 16.9 Å². The molecule has 0 radical (unpaired) electrons. The second-order valence-corrected chi connectivity index (χ2v) is 8.69. The summed E-state index contributed by atoms with van der Waals surface area (Å²) in [7, 11) is 0. The van der Waals surface area contributed by atoms with E-state index in [1.807, 2.05) is 29.6 Å². The quantitative estimate of drug-likeness (QED) is 0.526. The summed E-state index contributed by atoms with van der Waals surface area (Å²) in [5.41, 5.74) is 1.29. The molecule has 2 aliphatic rings. The first-order chi connectivity index (χ1) is 14.5. The topological polar surface area (TPSA) is 78.0 Å². The highest BCUT2D eigenvalue weighted by Gasteiger charge is 2.45. The number of benzene rings is 1. The Kier molecular flexibility index (Phi) is 5.94. The normalized spacial score (nSPS) is 17.9. The van der Waals surface area contributed by atoms with Gasteiger partial charge in [0.15, 0.2) is 0 Å². The second kappa shape index (κ2) is 8.79. The van der Waals surface area contributed by atoms with Crippen molar-refractivity contribution in [1.82, 2.24) is 14.7 Å². The fourth-order valence-corrected chi connectivity index (χ4v) is 4.65. The van der Waals surface area contributed by atoms with Gasteiger partial charge < -0.3 is 4.90 Å². The molecule has 0 unspecified atom stereocenters. The maximum Gasteiger partial charge on any atom is 0.335 e. The lowest BCUT2D eigenvalue weighted by atomic mass is 9.90. The Morgan fingerprint density at radius 1 is 0.933 bits per heavy atom. The van der Waals surface area contributed by atoms with Crippen LogP contribution in [-0.2, 0) is 27.3 Å². The van der Waals surface area contributed by atoms with Crippen molar-refractivity contribution in [1.29, 1.82) is 0 Å². The average molecular weight is 426 g/mol. The Hall–Kier alpha value is -3.00. The summed E-state index contributed by atoms with van der Waals surface area (Å²) in [6.07, 6.45) is 2.75. The number of carbonyl (C=O) groups is 4. The van der Waals surface area contributed by atoms with E-state index >= 15 is 0 Å². The van der Waals surface area contributed by atoms with Crippen LogP contribution in [0, 0.1) is 5.92 Å². The summed E-state index contributed by atoms with van der Waals surface area (Å²) in [6.45, 7) is 0.864. The number of hydrogen-bond acceptors (Lipinski definition) is 5. The van der Waals surface area contributed by atoms with Gasteiger partial charge in [-0.2, -0.15) is 0 Å². The molecule has 7 nitrogen and oxygen atoms in total. The van der Waals surface area contributed by atoms with Gasteiger partial charge in [-0.1, -0.05) is 36.4 Å². The number of thiophene rings is 1. The van der Waals surface area contributed by atoms with Crippen LogP contribution in [0.2, 0.25) is 0 Å². The highest BCUT2D eigenvalue weighted by Crippen LogP contribution is 2.23. The highest BCUT2D eigenvalue weighted by atomic mass is 32.1. The Morgan fingerprint density at radius 2 is 1.63 bits per heavy atom. The van der Waals surface area contributed by atoms with E-state index in [9.17, 15) is 19.2 Å². The number of urea groups is 1. The molecule has 3 heterocycles. The van der Waals surface area contributed by atoms with Gasteiger partial charge in [0.1, 0.15) is 6.54 Å². The molecule has 4 rings (SSSR count). The van der Waals surface area contributed by atoms with E-state index in [-0.39, 0.29) is 19.0 Å². The van der Waals surface area contributed by atoms with Gasteiger partial charge in [0.05, 0.1) is 6.54 Å². The molecule has 156 valence electrons. The smallest absolute Gasteiger partial charge is 0.335 e. The van der Waals surface area contributed by atoms with Crippen molar-refractivity contribution in [2.24, 2.45) is 5.92 Å². The molecule has 2 saturated heterocycles. The van der Waals surface area contributed by atoms with Crippen molar-refractivity contribution in [3.05, 3.63) is 58.3 Å². The Labute approximate surface area is 178 Å². The number of amides is 5. The maximum atomic E-state index is 12.7. The molecule has 2 fully saturated rings. The molecular formula is C22H23N3O4S. The van der Waals surface area contributed by atoms with Crippen LogP contribution >= 0.6 is 11.3 Å². The van der Waals surface area contributed by atoms with Crippen LogP contribution in [0.3, 0.4) is 0 Å². The predicted molar refractivity (Wildman–Crippen MR) is 111 cm³/mol. The zero-order valence-corrected chi connectivity index (χ0v) is 17.3. The largest absolute Gasteiger partial charge is 0.341 e. The van der Waals surface area contributed by atoms with Crippen molar-refractivity contribution in [2.75, 3.05) is 19.6 Å². The van der Waals surface area contributed by atoms with Gasteiger partial charge in [0, 0.05) is 18.0 Å². The van der Waals surface area contributed by atoms with Crippen molar-refractivity contribution in [3.63, 3.8) is 0 Å². The third kappa shape index (κ3) is 4.28. The lowest BCUT2D eigenvalue weighted by Gasteiger charge is -2.32. The van der Waals surface area contributed by atoms with Gasteiger partial charge >= 0.3 is 17.8 Å². The zero-order chi connectivity index (χ0) is 21.1. The van der Waals surface area contributed by atoms with E-state index in [2.05, 4.69) is 12.1 Å². The van der Waals surface area contributed by atoms with E-state index in [0.717, 1.165) is 33.9 Å². The van der Waals surface area contributed by atoms with E-state index in [0.29, 0.717) is 19.0 Å². The number of likely N-dealkylation sites (tertiary alicyclic amines) is 1. The first-order valence-corrected chi connectivity index (χ1v) is 10.9. The third-order valence-electron chi connectivity index (χ3n) is 5.66. The summed E-state index contributed by atoms with van der Waals surface area (Å²) in [6, 6.07) is 13.2. The number of rotatable bonds is 6. The van der Waals surface area contributed by atoms with Crippen LogP contribution in [0.1, 0.15) is 23.3 Å². The van der Waals surface area contributed by atoms with Crippen LogP contribution in [0.5, 0.6) is 0 Å². The summed E-state index contributed by atoms with van der Waals surface area (Å²) >= 11 is 1.40. The SMILES string of the molecule is O=C(CN1C(=O)C(=O)N(Cc2cccs2)C1=O)N1CCC(Cc2ccccc2)CC1. The monoisotopic (exact) mass is 425 g/mol. The van der Waals surface area contributed by atoms with Gasteiger partial charge in [-0.25, -0.2) is 9.69 Å². The van der Waals surface area contributed by atoms with E-state index in [4.69, 9.17) is 0 Å². The minimum Gasteiger partial charge on any atom is -0.341 e. The number of imide groups is 2. The van der Waals surface area contributed by atoms with Gasteiger partial charge in [0.25, 0.3) is 0 Å². The summed E-state index contributed by atoms with van der Waals surface area (Å²) in [5.74, 6) is -1.58. The Bertz CT molecular complexity index is 937. The van der Waals surface area contributed by atoms with Crippen molar-refractivity contribution in [2.45, 2.75) is 25.8 Å². The lowest BCUT2D eigenvalue weighted by molar-refractivity contribution is -0.145. The minimum absolute atomic E-state index is 0.0522. The molecule has 30 heavy (non-hydrogen) atoms. The molecule has 0 spiro atoms. The molecule has 0 bridgehead atoms. The molecule has 1 aromatic carbocycles. The average Bonchev–Trinajstić information content (AvgIpc) is 3.34. The lowest BCUT2D eigenvalue weighted by Crippen LogP contribution is -2.46. The molecule has 1 aromatic heterocycles. The first-order valence-electron chi connectivity index (χ1n) is 10.0. The van der Waals surface area contributed by atoms with Crippen molar-refractivity contribution < 1.29 is 19.2 Å². The molecule has 0 saturated carbocycles. The fraction of sp³-hybridized carbons (Fsp3) is 0.364. The summed E-state index contributed by atoms with van der Waals surface area (Å²) < 4.78 is 0. The molecule has 2 aromatic rings. The number of carbonyl (C=O) groups excluding carboxylic acids is 4. The van der Waals surface area contributed by atoms with Crippen LogP contribution < -0.4 is 0 Å². The van der Waals surface area contributed by atoms with Gasteiger partial charge in [-0.15, -0.1) is 11.3 Å². The summed E-state index contributed by atoms with van der Waals surface area (Å²) in [5, 5.41) is 1.84. The number of hydrogen-bond donors (Lipinski definition) is 0. The third-order valence-corrected chi connectivity index (χ3v) is 6.52. The minimum atomic E-state index is -0.927. The number of nitrogens with zero attached hydrogens (tertiary/aromatic N) is 3. The van der Waals surface area contributed by atoms with E-state index in [1.54, 1.807) is 11.0 Å². The van der Waals surface area contributed by atoms with Crippen molar-refractivity contribution in [3.8, 4) is 0 Å². The molecule has 8 heteroatoms. The standard InChI is InChI=1S/C22H23N3O4S/c26-19(23-10-8-17(9-11-23)13-16-5-2-1-3-6-16)15-25-21(28)20(27)24(22(25)29)14-18-7-4-12-30-18/h1-7,12,17H,8-11,13-15H2. The molecular weight excluding hydrogens is 402 g/mol. The maximum absolute atomic E-state index is 12.7. The van der Waals surface area contributed by atoms with Crippen molar-refractivity contribution >= 4 is 35.1 Å². The Balaban J connectivity index is 1.31. The van der Waals surface area contributed by atoms with Crippen LogP contribution in [0.25, 0.3) is 0 Å². The van der Waals surface area contributed by atoms with Gasteiger partial charge in [0.2, 0.25) is 5.91 Å². The fourth-order valence-electron chi connectivity index (χ4n) is 3.96. The molecule has 0 atom stereocenters. The van der Waals surface area contributed by atoms with Crippen LogP contribution in [0.4, 0.5) is 4.79 Å². The molecule has 0 aliphatic carbocycles. The molecule has 5 amide bonds. The Morgan fingerprint density at radius 3 is 2.30 bits per heavy atom.